The van der Waals surface area contributed by atoms with Crippen molar-refractivity contribution in [3.8, 4) is 11.5 Å². The average Bonchev–Trinajstić information content (AvgIpc) is 3.15. The second-order valence-corrected chi connectivity index (χ2v) is 8.61. The third kappa shape index (κ3) is 3.21. The van der Waals surface area contributed by atoms with Gasteiger partial charge in [0, 0.05) is 16.1 Å². The second-order valence-electron chi connectivity index (χ2n) is 7.30. The van der Waals surface area contributed by atoms with E-state index in [2.05, 4.69) is 73.7 Å². The quantitative estimate of drug-likeness (QED) is 0.563. The number of aryl methyl sites for hydroxylation is 2. The lowest BCUT2D eigenvalue weighted by molar-refractivity contribution is 0.174. The summed E-state index contributed by atoms with van der Waals surface area (Å²) in [7, 11) is 0. The predicted molar refractivity (Wildman–Crippen MR) is 110 cm³/mol. The minimum absolute atomic E-state index is 0.329. The minimum Gasteiger partial charge on any atom is -0.454 e. The van der Waals surface area contributed by atoms with Crippen LogP contribution in [0.5, 0.6) is 11.5 Å². The van der Waals surface area contributed by atoms with Gasteiger partial charge in [-0.1, -0.05) is 48.0 Å². The molecule has 2 atom stereocenters. The molecule has 5 rings (SSSR count). The molecule has 1 heterocycles. The molecular weight excluding hydrogens is 352 g/mol. The molecule has 0 radical (unpaired) electrons. The number of benzene rings is 3. The number of hydrogen-bond acceptors (Lipinski definition) is 3. The van der Waals surface area contributed by atoms with Crippen LogP contribution in [0.2, 0.25) is 0 Å². The van der Waals surface area contributed by atoms with E-state index in [9.17, 15) is 0 Å². The third-order valence-corrected chi connectivity index (χ3v) is 6.86. The van der Waals surface area contributed by atoms with Crippen LogP contribution in [0.15, 0.2) is 71.6 Å². The number of ether oxygens (including phenoxy) is 2. The van der Waals surface area contributed by atoms with Crippen LogP contribution in [0, 0.1) is 6.92 Å². The van der Waals surface area contributed by atoms with E-state index in [-0.39, 0.29) is 0 Å². The van der Waals surface area contributed by atoms with Crippen molar-refractivity contribution in [3.63, 3.8) is 0 Å². The van der Waals surface area contributed by atoms with Crippen molar-refractivity contribution in [2.75, 3.05) is 6.79 Å². The zero-order chi connectivity index (χ0) is 18.2. The first-order valence-electron chi connectivity index (χ1n) is 9.48. The highest BCUT2D eigenvalue weighted by molar-refractivity contribution is 8.00. The Kier molecular flexibility index (Phi) is 4.33. The molecule has 1 aliphatic heterocycles. The summed E-state index contributed by atoms with van der Waals surface area (Å²) in [5.74, 6) is 2.14. The summed E-state index contributed by atoms with van der Waals surface area (Å²) in [6.45, 7) is 2.47. The molecule has 3 aromatic carbocycles. The highest BCUT2D eigenvalue weighted by Gasteiger charge is 2.33. The average molecular weight is 375 g/mol. The Hall–Kier alpha value is -2.39. The predicted octanol–water partition coefficient (Wildman–Crippen LogP) is 5.96. The Morgan fingerprint density at radius 1 is 0.889 bits per heavy atom. The van der Waals surface area contributed by atoms with Gasteiger partial charge in [-0.25, -0.2) is 0 Å². The fourth-order valence-corrected chi connectivity index (χ4v) is 5.48. The normalized spacial score (nSPS) is 20.3. The Morgan fingerprint density at radius 3 is 2.41 bits per heavy atom. The van der Waals surface area contributed by atoms with Crippen molar-refractivity contribution in [2.45, 2.75) is 35.8 Å². The number of thioether (sulfide) groups is 1. The fourth-order valence-electron chi connectivity index (χ4n) is 4.14. The van der Waals surface area contributed by atoms with Gasteiger partial charge in [-0.15, -0.1) is 11.8 Å². The molecule has 2 aliphatic rings. The van der Waals surface area contributed by atoms with Crippen molar-refractivity contribution in [2.24, 2.45) is 0 Å². The Balaban J connectivity index is 1.58. The van der Waals surface area contributed by atoms with Crippen LogP contribution >= 0.6 is 11.8 Å². The van der Waals surface area contributed by atoms with Crippen LogP contribution in [0.4, 0.5) is 0 Å². The van der Waals surface area contributed by atoms with E-state index in [1.54, 1.807) is 0 Å². The topological polar surface area (TPSA) is 18.5 Å². The first-order valence-corrected chi connectivity index (χ1v) is 10.4. The molecule has 3 aromatic rings. The maximum absolute atomic E-state index is 5.69. The van der Waals surface area contributed by atoms with E-state index in [1.807, 2.05) is 11.8 Å². The van der Waals surface area contributed by atoms with Gasteiger partial charge in [0.1, 0.15) is 0 Å². The summed E-state index contributed by atoms with van der Waals surface area (Å²) in [6, 6.07) is 24.2. The first-order chi connectivity index (χ1) is 13.3. The van der Waals surface area contributed by atoms with Crippen molar-refractivity contribution in [1.82, 2.24) is 0 Å². The third-order valence-electron chi connectivity index (χ3n) is 5.51. The molecule has 0 fully saturated rings. The van der Waals surface area contributed by atoms with Crippen LogP contribution < -0.4 is 9.47 Å². The van der Waals surface area contributed by atoms with E-state index >= 15 is 0 Å². The lowest BCUT2D eigenvalue weighted by Gasteiger charge is -2.34. The molecule has 0 saturated carbocycles. The molecule has 0 saturated heterocycles. The molecule has 0 unspecified atom stereocenters. The van der Waals surface area contributed by atoms with Crippen LogP contribution in [0.25, 0.3) is 0 Å². The summed E-state index contributed by atoms with van der Waals surface area (Å²) >= 11 is 2.00. The summed E-state index contributed by atoms with van der Waals surface area (Å²) in [5.41, 5.74) is 5.47. The molecule has 0 amide bonds. The molecule has 0 bridgehead atoms. The highest BCUT2D eigenvalue weighted by Crippen LogP contribution is 2.48. The summed E-state index contributed by atoms with van der Waals surface area (Å²) in [5, 5.41) is 0.503. The van der Waals surface area contributed by atoms with Crippen LogP contribution in [-0.2, 0) is 6.42 Å². The molecule has 1 aliphatic carbocycles. The highest BCUT2D eigenvalue weighted by atomic mass is 32.2. The van der Waals surface area contributed by atoms with Gasteiger partial charge in [-0.2, -0.15) is 0 Å². The lowest BCUT2D eigenvalue weighted by atomic mass is 9.78. The number of rotatable bonds is 3. The zero-order valence-corrected chi connectivity index (χ0v) is 16.2. The van der Waals surface area contributed by atoms with Gasteiger partial charge in [0.25, 0.3) is 0 Å². The van der Waals surface area contributed by atoms with Crippen molar-refractivity contribution < 1.29 is 9.47 Å². The van der Waals surface area contributed by atoms with E-state index in [1.165, 1.54) is 27.1 Å². The minimum atomic E-state index is 0.329. The SMILES string of the molecule is Cc1ccc([C@@H]2c3cc4c(cc3CC[C@H]2Sc2ccccc2)OCO4)cc1. The largest absolute Gasteiger partial charge is 0.454 e. The summed E-state index contributed by atoms with van der Waals surface area (Å²) in [6.07, 6.45) is 2.24. The summed E-state index contributed by atoms with van der Waals surface area (Å²) in [4.78, 5) is 1.34. The molecule has 0 aromatic heterocycles. The zero-order valence-electron chi connectivity index (χ0n) is 15.4. The molecule has 0 N–H and O–H groups in total. The van der Waals surface area contributed by atoms with Gasteiger partial charge in [-0.3, -0.25) is 0 Å². The molecule has 3 heteroatoms. The fraction of sp³-hybridized carbons (Fsp3) is 0.250. The second kappa shape index (κ2) is 6.97. The van der Waals surface area contributed by atoms with Gasteiger partial charge in [0.15, 0.2) is 11.5 Å². The van der Waals surface area contributed by atoms with E-state index in [0.29, 0.717) is 18.0 Å². The monoisotopic (exact) mass is 374 g/mol. The molecule has 2 nitrogen and oxygen atoms in total. The van der Waals surface area contributed by atoms with Gasteiger partial charge in [0.2, 0.25) is 6.79 Å². The molecule has 27 heavy (non-hydrogen) atoms. The maximum Gasteiger partial charge on any atom is 0.231 e. The standard InChI is InChI=1S/C24H22O2S/c1-16-7-9-17(10-8-16)24-20-14-22-21(25-15-26-22)13-18(20)11-12-23(24)27-19-5-3-2-4-6-19/h2-10,13-14,23-24H,11-12,15H2,1H3/t23-,24-/m1/s1. The Labute approximate surface area is 164 Å². The van der Waals surface area contributed by atoms with Gasteiger partial charge >= 0.3 is 0 Å². The summed E-state index contributed by atoms with van der Waals surface area (Å²) < 4.78 is 11.3. The Bertz CT molecular complexity index is 950. The first kappa shape index (κ1) is 16.8. The molecule has 0 spiro atoms. The maximum atomic E-state index is 5.69. The lowest BCUT2D eigenvalue weighted by Crippen LogP contribution is -2.24. The van der Waals surface area contributed by atoms with Gasteiger partial charge in [0.05, 0.1) is 0 Å². The van der Waals surface area contributed by atoms with Crippen molar-refractivity contribution >= 4 is 11.8 Å². The number of hydrogen-bond donors (Lipinski definition) is 0. The van der Waals surface area contributed by atoms with Gasteiger partial charge < -0.3 is 9.47 Å². The van der Waals surface area contributed by atoms with Crippen LogP contribution in [-0.4, -0.2) is 12.0 Å². The van der Waals surface area contributed by atoms with E-state index in [4.69, 9.17) is 9.47 Å². The number of fused-ring (bicyclic) bond motifs is 2. The van der Waals surface area contributed by atoms with Crippen molar-refractivity contribution in [3.05, 3.63) is 89.0 Å². The van der Waals surface area contributed by atoms with Crippen LogP contribution in [0.3, 0.4) is 0 Å². The van der Waals surface area contributed by atoms with E-state index < -0.39 is 0 Å². The van der Waals surface area contributed by atoms with Crippen molar-refractivity contribution in [1.29, 1.82) is 0 Å². The molecular formula is C24H22O2S. The smallest absolute Gasteiger partial charge is 0.231 e. The van der Waals surface area contributed by atoms with Crippen LogP contribution in [0.1, 0.15) is 34.6 Å². The molecule has 136 valence electrons. The van der Waals surface area contributed by atoms with E-state index in [0.717, 1.165) is 24.3 Å². The Morgan fingerprint density at radius 2 is 1.63 bits per heavy atom. The van der Waals surface area contributed by atoms with Gasteiger partial charge in [-0.05, 0) is 60.7 Å².